The van der Waals surface area contributed by atoms with E-state index in [0.717, 1.165) is 23.4 Å². The van der Waals surface area contributed by atoms with Crippen molar-refractivity contribution in [3.8, 4) is 0 Å². The summed E-state index contributed by atoms with van der Waals surface area (Å²) in [6.07, 6.45) is 2.14. The van der Waals surface area contributed by atoms with Crippen LogP contribution in [-0.2, 0) is 20.7 Å². The zero-order valence-electron chi connectivity index (χ0n) is 14.4. The first-order valence-electron chi connectivity index (χ1n) is 8.21. The van der Waals surface area contributed by atoms with E-state index in [9.17, 15) is 9.59 Å². The van der Waals surface area contributed by atoms with Gasteiger partial charge in [-0.3, -0.25) is 14.5 Å². The van der Waals surface area contributed by atoms with Gasteiger partial charge in [0.05, 0.1) is 0 Å². The number of amides is 2. The summed E-state index contributed by atoms with van der Waals surface area (Å²) in [5, 5.41) is 2.99. The molecule has 0 aromatic heterocycles. The van der Waals surface area contributed by atoms with E-state index in [2.05, 4.69) is 19.2 Å². The second-order valence-corrected chi connectivity index (χ2v) is 6.25. The minimum Gasteiger partial charge on any atom is -0.364 e. The highest BCUT2D eigenvalue weighted by atomic mass is 16.5. The molecule has 126 valence electrons. The molecule has 1 aromatic rings. The Morgan fingerprint density at radius 1 is 1.35 bits per heavy atom. The average Bonchev–Trinajstić information content (AvgIpc) is 2.56. The first-order chi connectivity index (χ1) is 11.0. The number of hydrogen-bond donors (Lipinski definition) is 1. The lowest BCUT2D eigenvalue weighted by Crippen LogP contribution is -2.36. The Bertz CT molecular complexity index is 586. The Kier molecular flexibility index (Phi) is 5.77. The van der Waals surface area contributed by atoms with Crippen LogP contribution in [0.3, 0.4) is 0 Å². The maximum Gasteiger partial charge on any atom is 0.229 e. The van der Waals surface area contributed by atoms with Crippen LogP contribution in [0.25, 0.3) is 0 Å². The average molecular weight is 318 g/mol. The van der Waals surface area contributed by atoms with Gasteiger partial charge < -0.3 is 10.1 Å². The van der Waals surface area contributed by atoms with Gasteiger partial charge in [-0.2, -0.15) is 0 Å². The summed E-state index contributed by atoms with van der Waals surface area (Å²) < 4.78 is 5.11. The molecule has 0 saturated heterocycles. The van der Waals surface area contributed by atoms with Gasteiger partial charge in [0, 0.05) is 30.8 Å². The molecule has 2 rings (SSSR count). The molecule has 0 aliphatic carbocycles. The molecule has 1 aromatic carbocycles. The van der Waals surface area contributed by atoms with Crippen molar-refractivity contribution in [2.45, 2.75) is 40.0 Å². The third kappa shape index (κ3) is 3.91. The monoisotopic (exact) mass is 318 g/mol. The van der Waals surface area contributed by atoms with E-state index < -0.39 is 0 Å². The van der Waals surface area contributed by atoms with Gasteiger partial charge >= 0.3 is 0 Å². The van der Waals surface area contributed by atoms with Gasteiger partial charge in [-0.1, -0.05) is 27.2 Å². The van der Waals surface area contributed by atoms with Crippen LogP contribution < -0.4 is 10.2 Å². The quantitative estimate of drug-likeness (QED) is 0.876. The number of fused-ring (bicyclic) bond motifs is 1. The Labute approximate surface area is 138 Å². The lowest BCUT2D eigenvalue weighted by atomic mass is 9.92. The molecule has 5 heteroatoms. The maximum absolute atomic E-state index is 12.3. The van der Waals surface area contributed by atoms with Crippen molar-refractivity contribution < 1.29 is 14.3 Å². The Balaban J connectivity index is 2.15. The van der Waals surface area contributed by atoms with Crippen LogP contribution in [0.2, 0.25) is 0 Å². The van der Waals surface area contributed by atoms with E-state index in [1.54, 1.807) is 12.0 Å². The van der Waals surface area contributed by atoms with E-state index in [4.69, 9.17) is 4.74 Å². The fraction of sp³-hybridized carbons (Fsp3) is 0.556. The van der Waals surface area contributed by atoms with Crippen molar-refractivity contribution >= 4 is 23.2 Å². The van der Waals surface area contributed by atoms with E-state index in [0.29, 0.717) is 18.8 Å². The SMILES string of the molecule is CC[C@H](C)[C@H](C)C(=O)Nc1ccc2c(c1)CCC(=O)N2COC. The number of benzene rings is 1. The van der Waals surface area contributed by atoms with Crippen LogP contribution in [0.5, 0.6) is 0 Å². The number of aryl methyl sites for hydroxylation is 1. The predicted molar refractivity (Wildman–Crippen MR) is 91.4 cm³/mol. The van der Waals surface area contributed by atoms with Crippen LogP contribution >= 0.6 is 0 Å². The summed E-state index contributed by atoms with van der Waals surface area (Å²) in [6, 6.07) is 5.70. The third-order valence-corrected chi connectivity index (χ3v) is 4.72. The normalized spacial score (nSPS) is 16.7. The van der Waals surface area contributed by atoms with Crippen molar-refractivity contribution in [1.29, 1.82) is 0 Å². The molecular weight excluding hydrogens is 292 g/mol. The van der Waals surface area contributed by atoms with E-state index >= 15 is 0 Å². The van der Waals surface area contributed by atoms with Gasteiger partial charge in [0.15, 0.2) is 0 Å². The third-order valence-electron chi connectivity index (χ3n) is 4.72. The van der Waals surface area contributed by atoms with Gasteiger partial charge in [-0.15, -0.1) is 0 Å². The number of methoxy groups -OCH3 is 1. The lowest BCUT2D eigenvalue weighted by Gasteiger charge is -2.29. The standard InChI is InChI=1S/C18H26N2O3/c1-5-12(2)13(3)18(22)19-15-7-8-16-14(10-15)6-9-17(21)20(16)11-23-4/h7-8,10,12-13H,5-6,9,11H2,1-4H3,(H,19,22)/t12-,13-/m0/s1. The zero-order chi connectivity index (χ0) is 17.0. The maximum atomic E-state index is 12.3. The number of carbonyl (C=O) groups excluding carboxylic acids is 2. The molecule has 23 heavy (non-hydrogen) atoms. The van der Waals surface area contributed by atoms with Crippen LogP contribution in [-0.4, -0.2) is 25.7 Å². The molecule has 2 amide bonds. The van der Waals surface area contributed by atoms with Crippen molar-refractivity contribution in [3.63, 3.8) is 0 Å². The number of anilines is 2. The molecule has 1 heterocycles. The summed E-state index contributed by atoms with van der Waals surface area (Å²) >= 11 is 0. The van der Waals surface area contributed by atoms with Crippen LogP contribution in [0.1, 0.15) is 39.2 Å². The number of nitrogens with zero attached hydrogens (tertiary/aromatic N) is 1. The minimum atomic E-state index is -0.0254. The highest BCUT2D eigenvalue weighted by molar-refractivity contribution is 5.97. The summed E-state index contributed by atoms with van der Waals surface area (Å²) in [7, 11) is 1.58. The smallest absolute Gasteiger partial charge is 0.229 e. The molecule has 1 aliphatic heterocycles. The zero-order valence-corrected chi connectivity index (χ0v) is 14.4. The van der Waals surface area contributed by atoms with Crippen molar-refractivity contribution in [3.05, 3.63) is 23.8 Å². The topological polar surface area (TPSA) is 58.6 Å². The highest BCUT2D eigenvalue weighted by Crippen LogP contribution is 2.30. The van der Waals surface area contributed by atoms with Gasteiger partial charge in [0.1, 0.15) is 6.73 Å². The summed E-state index contributed by atoms with van der Waals surface area (Å²) in [5.74, 6) is 0.437. The lowest BCUT2D eigenvalue weighted by molar-refractivity contribution is -0.121. The van der Waals surface area contributed by atoms with Crippen LogP contribution in [0.15, 0.2) is 18.2 Å². The number of hydrogen-bond acceptors (Lipinski definition) is 3. The number of carbonyl (C=O) groups is 2. The molecule has 5 nitrogen and oxygen atoms in total. The first-order valence-corrected chi connectivity index (χ1v) is 8.21. The summed E-state index contributed by atoms with van der Waals surface area (Å²) in [6.45, 7) is 6.39. The minimum absolute atomic E-state index is 0.0254. The fourth-order valence-electron chi connectivity index (χ4n) is 2.78. The molecule has 0 bridgehead atoms. The highest BCUT2D eigenvalue weighted by Gasteiger charge is 2.25. The molecule has 0 radical (unpaired) electrons. The van der Waals surface area contributed by atoms with E-state index in [1.807, 2.05) is 25.1 Å². The molecule has 0 fully saturated rings. The molecule has 2 atom stereocenters. The Hall–Kier alpha value is -1.88. The largest absolute Gasteiger partial charge is 0.364 e. The van der Waals surface area contributed by atoms with Gasteiger partial charge in [0.25, 0.3) is 0 Å². The fourth-order valence-corrected chi connectivity index (χ4v) is 2.78. The second kappa shape index (κ2) is 7.59. The van der Waals surface area contributed by atoms with Crippen LogP contribution in [0, 0.1) is 11.8 Å². The molecule has 0 spiro atoms. The van der Waals surface area contributed by atoms with Crippen molar-refractivity contribution in [1.82, 2.24) is 0 Å². The van der Waals surface area contributed by atoms with Crippen molar-refractivity contribution in [2.24, 2.45) is 11.8 Å². The molecule has 1 aliphatic rings. The Morgan fingerprint density at radius 3 is 2.74 bits per heavy atom. The number of nitrogens with one attached hydrogen (secondary N) is 1. The van der Waals surface area contributed by atoms with Gasteiger partial charge in [0.2, 0.25) is 11.8 Å². The first kappa shape index (κ1) is 17.5. The molecule has 1 N–H and O–H groups in total. The number of rotatable bonds is 6. The number of ether oxygens (including phenoxy) is 1. The van der Waals surface area contributed by atoms with Gasteiger partial charge in [-0.25, -0.2) is 0 Å². The molecule has 0 unspecified atom stereocenters. The second-order valence-electron chi connectivity index (χ2n) is 6.25. The Morgan fingerprint density at radius 2 is 2.09 bits per heavy atom. The van der Waals surface area contributed by atoms with Crippen molar-refractivity contribution in [2.75, 3.05) is 24.1 Å². The molecular formula is C18H26N2O3. The summed E-state index contributed by atoms with van der Waals surface area (Å²) in [4.78, 5) is 25.9. The van der Waals surface area contributed by atoms with E-state index in [-0.39, 0.29) is 24.5 Å². The predicted octanol–water partition coefficient (Wildman–Crippen LogP) is 3.19. The van der Waals surface area contributed by atoms with Crippen LogP contribution in [0.4, 0.5) is 11.4 Å². The van der Waals surface area contributed by atoms with E-state index in [1.165, 1.54) is 0 Å². The molecule has 0 saturated carbocycles. The van der Waals surface area contributed by atoms with Gasteiger partial charge in [-0.05, 0) is 36.1 Å². The summed E-state index contributed by atoms with van der Waals surface area (Å²) in [5.41, 5.74) is 2.72.